The molecule has 2 amide bonds. The van der Waals surface area contributed by atoms with E-state index in [0.717, 1.165) is 18.5 Å². The number of carbonyl (C=O) groups is 2. The van der Waals surface area contributed by atoms with Gasteiger partial charge in [-0.25, -0.2) is 0 Å². The molecule has 0 unspecified atom stereocenters. The number of carbonyl (C=O) groups excluding carboxylic acids is 2. The predicted octanol–water partition coefficient (Wildman–Crippen LogP) is 4.40. The van der Waals surface area contributed by atoms with Crippen LogP contribution in [-0.2, 0) is 15.1 Å². The second-order valence-corrected chi connectivity index (χ2v) is 10.3. The standard InChI is InChI=1S/C26H30ClN5O3/c1-15-13-17(10-12-35-15)32-21(33)14-26(2,31-25(32)28)19-6-3-7-20(22(19)27)30-24(34)18-5-4-11-29-23(18)16-8-9-16/h3-7,11,15-17H,8-10,12-14H2,1-2H3,(H2,28,31)(H,30,34)/t15-,17-,26+/m1/s1. The molecule has 2 saturated heterocycles. The molecule has 3 atom stereocenters. The number of hydrogen-bond donors (Lipinski definition) is 3. The highest BCUT2D eigenvalue weighted by atomic mass is 35.5. The zero-order valence-corrected chi connectivity index (χ0v) is 20.7. The van der Waals surface area contributed by atoms with Crippen molar-refractivity contribution >= 4 is 35.1 Å². The summed E-state index contributed by atoms with van der Waals surface area (Å²) in [6.07, 6.45) is 5.40. The molecule has 2 aromatic rings. The normalized spacial score (nSPS) is 26.9. The molecule has 3 N–H and O–H groups in total. The summed E-state index contributed by atoms with van der Waals surface area (Å²) in [5, 5.41) is 15.1. The van der Waals surface area contributed by atoms with E-state index in [2.05, 4.69) is 15.6 Å². The minimum Gasteiger partial charge on any atom is -0.378 e. The van der Waals surface area contributed by atoms with Crippen LogP contribution in [0.4, 0.5) is 5.69 Å². The molecule has 0 bridgehead atoms. The summed E-state index contributed by atoms with van der Waals surface area (Å²) in [6.45, 7) is 4.43. The number of amides is 2. The van der Waals surface area contributed by atoms with Crippen molar-refractivity contribution in [2.75, 3.05) is 11.9 Å². The second kappa shape index (κ2) is 9.24. The Kier molecular flexibility index (Phi) is 6.27. The first-order valence-electron chi connectivity index (χ1n) is 12.1. The van der Waals surface area contributed by atoms with Gasteiger partial charge in [0.1, 0.15) is 0 Å². The summed E-state index contributed by atoms with van der Waals surface area (Å²) in [7, 11) is 0. The number of nitrogens with one attached hydrogen (secondary N) is 3. The van der Waals surface area contributed by atoms with E-state index in [1.807, 2.05) is 19.9 Å². The van der Waals surface area contributed by atoms with Gasteiger partial charge >= 0.3 is 0 Å². The molecule has 184 valence electrons. The lowest BCUT2D eigenvalue weighted by atomic mass is 9.85. The van der Waals surface area contributed by atoms with Gasteiger partial charge in [-0.15, -0.1) is 0 Å². The Morgan fingerprint density at radius 2 is 2.09 bits per heavy atom. The van der Waals surface area contributed by atoms with Crippen LogP contribution < -0.4 is 10.6 Å². The average Bonchev–Trinajstić information content (AvgIpc) is 3.65. The molecular weight excluding hydrogens is 466 g/mol. The van der Waals surface area contributed by atoms with Gasteiger partial charge in [0, 0.05) is 24.8 Å². The Balaban J connectivity index is 1.37. The van der Waals surface area contributed by atoms with E-state index in [1.165, 1.54) is 0 Å². The van der Waals surface area contributed by atoms with Gasteiger partial charge in [-0.3, -0.25) is 24.9 Å². The van der Waals surface area contributed by atoms with Gasteiger partial charge in [0.05, 0.1) is 40.0 Å². The van der Waals surface area contributed by atoms with Crippen molar-refractivity contribution in [1.29, 1.82) is 5.41 Å². The van der Waals surface area contributed by atoms with Crippen LogP contribution in [0.2, 0.25) is 5.02 Å². The number of anilines is 1. The Hall–Kier alpha value is -2.97. The summed E-state index contributed by atoms with van der Waals surface area (Å²) < 4.78 is 5.61. The van der Waals surface area contributed by atoms with E-state index in [4.69, 9.17) is 21.7 Å². The Bertz CT molecular complexity index is 1160. The third kappa shape index (κ3) is 4.65. The highest BCUT2D eigenvalue weighted by Gasteiger charge is 2.44. The molecule has 0 radical (unpaired) electrons. The third-order valence-corrected chi connectivity index (χ3v) is 7.53. The highest BCUT2D eigenvalue weighted by molar-refractivity contribution is 6.35. The topological polar surface area (TPSA) is 107 Å². The van der Waals surface area contributed by atoms with Crippen molar-refractivity contribution in [3.05, 3.63) is 58.4 Å². The molecule has 1 aromatic heterocycles. The number of pyridine rings is 1. The fourth-order valence-electron chi connectivity index (χ4n) is 5.17. The van der Waals surface area contributed by atoms with Gasteiger partial charge < -0.3 is 15.4 Å². The molecule has 9 heteroatoms. The number of nitrogens with zero attached hydrogens (tertiary/aromatic N) is 2. The lowest BCUT2D eigenvalue weighted by Gasteiger charge is -2.45. The fourth-order valence-corrected chi connectivity index (χ4v) is 5.55. The number of ether oxygens (including phenoxy) is 1. The number of benzene rings is 1. The maximum absolute atomic E-state index is 13.3. The first-order valence-corrected chi connectivity index (χ1v) is 12.5. The first kappa shape index (κ1) is 23.8. The van der Waals surface area contributed by atoms with Crippen LogP contribution in [-0.4, -0.2) is 46.4 Å². The molecule has 3 aliphatic rings. The van der Waals surface area contributed by atoms with Gasteiger partial charge in [-0.2, -0.15) is 0 Å². The van der Waals surface area contributed by atoms with Crippen LogP contribution in [0.3, 0.4) is 0 Å². The van der Waals surface area contributed by atoms with Crippen LogP contribution in [0, 0.1) is 5.41 Å². The van der Waals surface area contributed by atoms with Crippen molar-refractivity contribution in [3.63, 3.8) is 0 Å². The molecule has 8 nitrogen and oxygen atoms in total. The number of aromatic nitrogens is 1. The largest absolute Gasteiger partial charge is 0.378 e. The molecule has 1 aromatic carbocycles. The number of halogens is 1. The number of hydrogen-bond acceptors (Lipinski definition) is 5. The van der Waals surface area contributed by atoms with E-state index in [0.29, 0.717) is 47.2 Å². The molecule has 3 heterocycles. The first-order chi connectivity index (χ1) is 16.8. The maximum atomic E-state index is 13.3. The summed E-state index contributed by atoms with van der Waals surface area (Å²) in [4.78, 5) is 32.3. The van der Waals surface area contributed by atoms with Gasteiger partial charge in [0.2, 0.25) is 5.91 Å². The van der Waals surface area contributed by atoms with Crippen LogP contribution in [0.1, 0.15) is 73.5 Å². The Labute approximate surface area is 209 Å². The summed E-state index contributed by atoms with van der Waals surface area (Å²) in [6, 6.07) is 8.85. The monoisotopic (exact) mass is 495 g/mol. The van der Waals surface area contributed by atoms with Gasteiger partial charge in [0.25, 0.3) is 5.91 Å². The van der Waals surface area contributed by atoms with Crippen molar-refractivity contribution in [2.24, 2.45) is 0 Å². The van der Waals surface area contributed by atoms with Crippen LogP contribution >= 0.6 is 11.6 Å². The highest BCUT2D eigenvalue weighted by Crippen LogP contribution is 2.41. The molecule has 1 saturated carbocycles. The van der Waals surface area contributed by atoms with Crippen LogP contribution in [0.15, 0.2) is 36.5 Å². The molecule has 35 heavy (non-hydrogen) atoms. The molecule has 2 aliphatic heterocycles. The lowest BCUT2D eigenvalue weighted by molar-refractivity contribution is -0.134. The maximum Gasteiger partial charge on any atom is 0.257 e. The van der Waals surface area contributed by atoms with E-state index in [-0.39, 0.29) is 36.3 Å². The molecule has 0 spiro atoms. The van der Waals surface area contributed by atoms with E-state index in [1.54, 1.807) is 35.4 Å². The van der Waals surface area contributed by atoms with Crippen molar-refractivity contribution in [2.45, 2.75) is 69.6 Å². The Morgan fingerprint density at radius 1 is 1.29 bits per heavy atom. The average molecular weight is 496 g/mol. The summed E-state index contributed by atoms with van der Waals surface area (Å²) in [5.74, 6) is 0.0234. The number of guanidine groups is 1. The summed E-state index contributed by atoms with van der Waals surface area (Å²) >= 11 is 6.80. The fraction of sp³-hybridized carbons (Fsp3) is 0.462. The smallest absolute Gasteiger partial charge is 0.257 e. The van der Waals surface area contributed by atoms with Gasteiger partial charge in [0.15, 0.2) is 5.96 Å². The van der Waals surface area contributed by atoms with E-state index >= 15 is 0 Å². The van der Waals surface area contributed by atoms with Gasteiger partial charge in [-0.05, 0) is 63.3 Å². The van der Waals surface area contributed by atoms with Crippen LogP contribution in [0.5, 0.6) is 0 Å². The van der Waals surface area contributed by atoms with Crippen molar-refractivity contribution in [1.82, 2.24) is 15.2 Å². The SMILES string of the molecule is C[C@@H]1C[C@H](N2C(=N)N[C@](C)(c3cccc(NC(=O)c4cccnc4C4CC4)c3Cl)CC2=O)CCO1. The third-order valence-electron chi connectivity index (χ3n) is 7.12. The minimum atomic E-state index is -0.882. The molecule has 1 aliphatic carbocycles. The van der Waals surface area contributed by atoms with Crippen LogP contribution in [0.25, 0.3) is 0 Å². The minimum absolute atomic E-state index is 0.0534. The number of rotatable bonds is 5. The van der Waals surface area contributed by atoms with E-state index < -0.39 is 5.54 Å². The van der Waals surface area contributed by atoms with E-state index in [9.17, 15) is 9.59 Å². The van der Waals surface area contributed by atoms with Gasteiger partial charge in [-0.1, -0.05) is 23.7 Å². The molecule has 3 fully saturated rings. The quantitative estimate of drug-likeness (QED) is 0.569. The Morgan fingerprint density at radius 3 is 2.80 bits per heavy atom. The zero-order valence-electron chi connectivity index (χ0n) is 19.9. The lowest BCUT2D eigenvalue weighted by Crippen LogP contribution is -2.63. The predicted molar refractivity (Wildman–Crippen MR) is 134 cm³/mol. The summed E-state index contributed by atoms with van der Waals surface area (Å²) in [5.41, 5.74) is 1.61. The van der Waals surface area contributed by atoms with Crippen molar-refractivity contribution in [3.8, 4) is 0 Å². The molecular formula is C26H30ClN5O3. The molecule has 5 rings (SSSR count). The second-order valence-electron chi connectivity index (χ2n) is 9.94. The zero-order chi connectivity index (χ0) is 24.7. The van der Waals surface area contributed by atoms with Crippen molar-refractivity contribution < 1.29 is 14.3 Å².